The minimum atomic E-state index is -5.76. The molecule has 1 aliphatic carbocycles. The van der Waals surface area contributed by atoms with Gasteiger partial charge in [0.15, 0.2) is 0 Å². The number of ether oxygens (including phenoxy) is 1. The molecule has 0 aromatic heterocycles. The number of rotatable bonds is 5. The zero-order valence-electron chi connectivity index (χ0n) is 12.9. The van der Waals surface area contributed by atoms with Gasteiger partial charge in [0.05, 0.1) is 6.10 Å². The number of carbonyl (C=O) groups is 1. The van der Waals surface area contributed by atoms with Crippen molar-refractivity contribution < 1.29 is 41.0 Å². The highest BCUT2D eigenvalue weighted by Gasteiger charge is 2.58. The fourth-order valence-corrected chi connectivity index (χ4v) is 2.06. The van der Waals surface area contributed by atoms with Crippen LogP contribution in [0.1, 0.15) is 6.42 Å². The first kappa shape index (κ1) is 19.8. The van der Waals surface area contributed by atoms with Crippen molar-refractivity contribution in [2.45, 2.75) is 31.0 Å². The van der Waals surface area contributed by atoms with Crippen molar-refractivity contribution in [2.75, 3.05) is 5.32 Å². The number of phenolic OH excluding ortho intramolecular Hbond substituents is 1. The highest BCUT2D eigenvalue weighted by molar-refractivity contribution is 6.05. The lowest BCUT2D eigenvalue weighted by Crippen LogP contribution is -2.45. The van der Waals surface area contributed by atoms with Crippen molar-refractivity contribution in [3.8, 4) is 5.75 Å². The van der Waals surface area contributed by atoms with E-state index in [1.54, 1.807) is 0 Å². The van der Waals surface area contributed by atoms with Crippen LogP contribution >= 0.6 is 0 Å². The third-order valence-corrected chi connectivity index (χ3v) is 3.34. The molecule has 0 heterocycles. The van der Waals surface area contributed by atoms with Crippen LogP contribution in [0.25, 0.3) is 0 Å². The second kappa shape index (κ2) is 7.40. The number of halogens is 6. The van der Waals surface area contributed by atoms with Crippen LogP contribution in [0.15, 0.2) is 48.1 Å². The molecule has 142 valence electrons. The van der Waals surface area contributed by atoms with E-state index in [0.717, 1.165) is 12.2 Å². The highest BCUT2D eigenvalue weighted by Crippen LogP contribution is 2.37. The van der Waals surface area contributed by atoms with Gasteiger partial charge in [-0.3, -0.25) is 4.79 Å². The van der Waals surface area contributed by atoms with E-state index < -0.39 is 30.5 Å². The molecule has 0 saturated carbocycles. The smallest absolute Gasteiger partial charge is 0.428 e. The van der Waals surface area contributed by atoms with Gasteiger partial charge >= 0.3 is 12.3 Å². The first-order valence-corrected chi connectivity index (χ1v) is 7.24. The minimum absolute atomic E-state index is 0.00859. The van der Waals surface area contributed by atoms with Gasteiger partial charge in [0.1, 0.15) is 5.75 Å². The van der Waals surface area contributed by atoms with Gasteiger partial charge in [-0.15, -0.1) is 0 Å². The second-order valence-corrected chi connectivity index (χ2v) is 5.38. The Bertz CT molecular complexity index is 712. The number of benzene rings is 1. The molecular formula is C16H13F6NO3. The van der Waals surface area contributed by atoms with Crippen molar-refractivity contribution in [2.24, 2.45) is 0 Å². The third kappa shape index (κ3) is 5.01. The molecule has 26 heavy (non-hydrogen) atoms. The molecule has 1 aromatic carbocycles. The quantitative estimate of drug-likeness (QED) is 0.597. The van der Waals surface area contributed by atoms with Gasteiger partial charge in [0.25, 0.3) is 12.1 Å². The van der Waals surface area contributed by atoms with E-state index in [2.05, 4.69) is 10.1 Å². The highest BCUT2D eigenvalue weighted by atomic mass is 19.4. The van der Waals surface area contributed by atoms with Gasteiger partial charge in [0.2, 0.25) is 0 Å². The molecule has 1 amide bonds. The van der Waals surface area contributed by atoms with Crippen molar-refractivity contribution >= 4 is 11.6 Å². The van der Waals surface area contributed by atoms with Crippen LogP contribution in [-0.2, 0) is 9.53 Å². The van der Waals surface area contributed by atoms with Gasteiger partial charge in [0, 0.05) is 11.3 Å². The van der Waals surface area contributed by atoms with Crippen LogP contribution in [0.2, 0.25) is 0 Å². The Labute approximate surface area is 143 Å². The minimum Gasteiger partial charge on any atom is -0.508 e. The number of hydrogen-bond donors (Lipinski definition) is 2. The normalized spacial score (nSPS) is 19.0. The molecular weight excluding hydrogens is 368 g/mol. The maximum absolute atomic E-state index is 13.2. The number of amides is 1. The maximum Gasteiger partial charge on any atom is 0.428 e. The molecule has 2 N–H and O–H groups in total. The van der Waals surface area contributed by atoms with Gasteiger partial charge in [-0.05, 0) is 30.7 Å². The van der Waals surface area contributed by atoms with E-state index in [0.29, 0.717) is 5.69 Å². The molecule has 0 aliphatic heterocycles. The molecule has 0 bridgehead atoms. The summed E-state index contributed by atoms with van der Waals surface area (Å²) >= 11 is 0. The molecule has 1 aliphatic rings. The molecule has 10 heteroatoms. The summed E-state index contributed by atoms with van der Waals surface area (Å²) in [7, 11) is 0. The zero-order chi connectivity index (χ0) is 19.5. The van der Waals surface area contributed by atoms with E-state index in [4.69, 9.17) is 5.11 Å². The molecule has 2 atom stereocenters. The van der Waals surface area contributed by atoms with E-state index in [9.17, 15) is 31.1 Å². The van der Waals surface area contributed by atoms with Gasteiger partial charge in [-0.2, -0.15) is 22.0 Å². The molecule has 2 unspecified atom stereocenters. The standard InChI is InChI=1S/C16H13F6NO3/c17-14(15(18,19)20)16(21,22)26-12-7-1-9(2-8-12)13(25)23-10-3-5-11(24)6-4-10/h1-7,12,14,24H,8H2,(H,23,25). The number of alkyl halides is 6. The Kier molecular flexibility index (Phi) is 5.65. The van der Waals surface area contributed by atoms with Crippen molar-refractivity contribution in [3.63, 3.8) is 0 Å². The topological polar surface area (TPSA) is 58.6 Å². The first-order valence-electron chi connectivity index (χ1n) is 7.24. The molecule has 0 fully saturated rings. The monoisotopic (exact) mass is 381 g/mol. The Morgan fingerprint density at radius 3 is 2.31 bits per heavy atom. The second-order valence-electron chi connectivity index (χ2n) is 5.38. The number of anilines is 1. The molecule has 0 spiro atoms. The largest absolute Gasteiger partial charge is 0.508 e. The predicted molar refractivity (Wildman–Crippen MR) is 79.3 cm³/mol. The number of aromatic hydroxyl groups is 1. The average Bonchev–Trinajstić information content (AvgIpc) is 2.55. The van der Waals surface area contributed by atoms with Crippen molar-refractivity contribution in [3.05, 3.63) is 48.1 Å². The number of phenols is 1. The van der Waals surface area contributed by atoms with Crippen molar-refractivity contribution in [1.29, 1.82) is 0 Å². The summed E-state index contributed by atoms with van der Waals surface area (Å²) in [5.41, 5.74) is 0.423. The van der Waals surface area contributed by atoms with Crippen LogP contribution in [-0.4, -0.2) is 35.6 Å². The lowest BCUT2D eigenvalue weighted by molar-refractivity contribution is -0.343. The Morgan fingerprint density at radius 1 is 1.19 bits per heavy atom. The van der Waals surface area contributed by atoms with Crippen molar-refractivity contribution in [1.82, 2.24) is 0 Å². The maximum atomic E-state index is 13.2. The lowest BCUT2D eigenvalue weighted by Gasteiger charge is -2.26. The summed E-state index contributed by atoms with van der Waals surface area (Å²) in [6.45, 7) is 0. The average molecular weight is 381 g/mol. The summed E-state index contributed by atoms with van der Waals surface area (Å²) in [6.07, 6.45) is -13.9. The summed E-state index contributed by atoms with van der Waals surface area (Å²) in [5.74, 6) is -0.610. The molecule has 2 rings (SSSR count). The third-order valence-electron chi connectivity index (χ3n) is 3.34. The van der Waals surface area contributed by atoms with Crippen LogP contribution in [0, 0.1) is 0 Å². The summed E-state index contributed by atoms with van der Waals surface area (Å²) in [4.78, 5) is 12.0. The molecule has 4 nitrogen and oxygen atoms in total. The molecule has 0 saturated heterocycles. The van der Waals surface area contributed by atoms with Crippen LogP contribution < -0.4 is 5.32 Å². The Hall–Kier alpha value is -2.49. The zero-order valence-corrected chi connectivity index (χ0v) is 12.9. The van der Waals surface area contributed by atoms with E-state index >= 15 is 0 Å². The van der Waals surface area contributed by atoms with Crippen LogP contribution in [0.3, 0.4) is 0 Å². The van der Waals surface area contributed by atoms with E-state index in [1.165, 1.54) is 30.3 Å². The van der Waals surface area contributed by atoms with Gasteiger partial charge in [-0.25, -0.2) is 4.39 Å². The lowest BCUT2D eigenvalue weighted by atomic mass is 10.0. The van der Waals surface area contributed by atoms with E-state index in [1.807, 2.05) is 0 Å². The summed E-state index contributed by atoms with van der Waals surface area (Å²) < 4.78 is 79.3. The fourth-order valence-electron chi connectivity index (χ4n) is 2.06. The predicted octanol–water partition coefficient (Wildman–Crippen LogP) is 4.10. The van der Waals surface area contributed by atoms with Crippen LogP contribution in [0.4, 0.5) is 32.0 Å². The van der Waals surface area contributed by atoms with E-state index in [-0.39, 0.29) is 17.7 Å². The summed E-state index contributed by atoms with van der Waals surface area (Å²) in [6, 6.07) is 5.51. The van der Waals surface area contributed by atoms with Gasteiger partial charge in [-0.1, -0.05) is 18.2 Å². The summed E-state index contributed by atoms with van der Waals surface area (Å²) in [5, 5.41) is 11.6. The number of nitrogens with one attached hydrogen (secondary N) is 1. The first-order chi connectivity index (χ1) is 12.0. The fraction of sp³-hybridized carbons (Fsp3) is 0.312. The number of carbonyl (C=O) groups excluding carboxylic acids is 1. The Balaban J connectivity index is 1.94. The molecule has 0 radical (unpaired) electrons. The van der Waals surface area contributed by atoms with Crippen LogP contribution in [0.5, 0.6) is 5.75 Å². The van der Waals surface area contributed by atoms with Gasteiger partial charge < -0.3 is 15.2 Å². The Morgan fingerprint density at radius 2 is 1.81 bits per heavy atom. The molecule has 1 aromatic rings. The SMILES string of the molecule is O=C(Nc1ccc(O)cc1)C1=CCC(OC(F)(F)C(F)C(F)(F)F)C=C1. The number of hydrogen-bond acceptors (Lipinski definition) is 3.